The number of anilines is 1. The lowest BCUT2D eigenvalue weighted by molar-refractivity contribution is -0.124. The van der Waals surface area contributed by atoms with Gasteiger partial charge in [0.25, 0.3) is 15.9 Å². The summed E-state index contributed by atoms with van der Waals surface area (Å²) in [6.45, 7) is 10.0. The van der Waals surface area contributed by atoms with Crippen molar-refractivity contribution >= 4 is 21.6 Å². The Bertz CT molecular complexity index is 1040. The highest BCUT2D eigenvalue weighted by molar-refractivity contribution is 7.92. The zero-order valence-corrected chi connectivity index (χ0v) is 21.2. The maximum atomic E-state index is 12.8. The highest BCUT2D eigenvalue weighted by atomic mass is 32.2. The fraction of sp³-hybridized carbons (Fsp3) is 0.480. The van der Waals surface area contributed by atoms with Gasteiger partial charge in [0, 0.05) is 33.2 Å². The van der Waals surface area contributed by atoms with Crippen molar-refractivity contribution in [2.75, 3.05) is 50.7 Å². The van der Waals surface area contributed by atoms with E-state index >= 15 is 0 Å². The van der Waals surface area contributed by atoms with Crippen LogP contribution in [-0.2, 0) is 19.6 Å². The van der Waals surface area contributed by atoms with Crippen LogP contribution in [0.1, 0.15) is 19.4 Å². The van der Waals surface area contributed by atoms with Gasteiger partial charge < -0.3 is 14.8 Å². The molecular formula is C25H35N3O5S. The SMILES string of the molecule is Cc1ccc(S(=O)(=O)N(C)c2ccc(OCC(=O)NCC3CN(CC(C)C)CCO3)cc2)cc1. The van der Waals surface area contributed by atoms with Crippen molar-refractivity contribution in [3.05, 3.63) is 54.1 Å². The van der Waals surface area contributed by atoms with Gasteiger partial charge in [-0.25, -0.2) is 8.42 Å². The quantitative estimate of drug-likeness (QED) is 0.552. The van der Waals surface area contributed by atoms with Crippen LogP contribution < -0.4 is 14.4 Å². The average Bonchev–Trinajstić information content (AvgIpc) is 2.81. The van der Waals surface area contributed by atoms with E-state index in [1.807, 2.05) is 6.92 Å². The van der Waals surface area contributed by atoms with E-state index in [1.165, 1.54) is 11.4 Å². The zero-order valence-electron chi connectivity index (χ0n) is 20.4. The first-order valence-electron chi connectivity index (χ1n) is 11.5. The molecule has 1 heterocycles. The number of carbonyl (C=O) groups is 1. The first-order chi connectivity index (χ1) is 16.1. The summed E-state index contributed by atoms with van der Waals surface area (Å²) < 4.78 is 38.2. The van der Waals surface area contributed by atoms with Gasteiger partial charge in [0.1, 0.15) is 5.75 Å². The number of carbonyl (C=O) groups excluding carboxylic acids is 1. The molecule has 2 aromatic rings. The van der Waals surface area contributed by atoms with Gasteiger partial charge in [-0.3, -0.25) is 14.0 Å². The Balaban J connectivity index is 1.47. The van der Waals surface area contributed by atoms with Crippen molar-refractivity contribution in [1.29, 1.82) is 0 Å². The maximum Gasteiger partial charge on any atom is 0.264 e. The molecule has 0 aromatic heterocycles. The summed E-state index contributed by atoms with van der Waals surface area (Å²) in [7, 11) is -2.16. The second kappa shape index (κ2) is 11.7. The Morgan fingerprint density at radius 3 is 2.50 bits per heavy atom. The van der Waals surface area contributed by atoms with Gasteiger partial charge in [0.15, 0.2) is 6.61 Å². The number of benzene rings is 2. The van der Waals surface area contributed by atoms with Crippen LogP contribution >= 0.6 is 0 Å². The molecule has 1 fully saturated rings. The van der Waals surface area contributed by atoms with Crippen LogP contribution in [0.4, 0.5) is 5.69 Å². The minimum atomic E-state index is -3.66. The van der Waals surface area contributed by atoms with Crippen LogP contribution in [-0.4, -0.2) is 71.8 Å². The molecule has 1 unspecified atom stereocenters. The molecule has 1 saturated heterocycles. The Kier molecular flexibility index (Phi) is 8.93. The van der Waals surface area contributed by atoms with Crippen LogP contribution in [0.25, 0.3) is 0 Å². The van der Waals surface area contributed by atoms with Crippen LogP contribution in [0, 0.1) is 12.8 Å². The molecule has 3 rings (SSSR count). The number of ether oxygens (including phenoxy) is 2. The van der Waals surface area contributed by atoms with E-state index in [1.54, 1.807) is 48.5 Å². The van der Waals surface area contributed by atoms with Gasteiger partial charge in [-0.2, -0.15) is 0 Å². The van der Waals surface area contributed by atoms with Crippen LogP contribution in [0.3, 0.4) is 0 Å². The number of hydrogen-bond donors (Lipinski definition) is 1. The molecule has 2 aromatic carbocycles. The minimum Gasteiger partial charge on any atom is -0.484 e. The largest absolute Gasteiger partial charge is 0.484 e. The van der Waals surface area contributed by atoms with E-state index in [0.29, 0.717) is 30.5 Å². The molecule has 1 amide bonds. The highest BCUT2D eigenvalue weighted by Gasteiger charge is 2.22. The van der Waals surface area contributed by atoms with E-state index in [-0.39, 0.29) is 23.5 Å². The number of amides is 1. The molecule has 0 aliphatic carbocycles. The van der Waals surface area contributed by atoms with Crippen molar-refractivity contribution in [3.63, 3.8) is 0 Å². The molecule has 1 N–H and O–H groups in total. The van der Waals surface area contributed by atoms with Gasteiger partial charge >= 0.3 is 0 Å². The lowest BCUT2D eigenvalue weighted by Crippen LogP contribution is -2.48. The lowest BCUT2D eigenvalue weighted by atomic mass is 10.2. The van der Waals surface area contributed by atoms with Crippen LogP contribution in [0.2, 0.25) is 0 Å². The monoisotopic (exact) mass is 489 g/mol. The number of aryl methyl sites for hydroxylation is 1. The normalized spacial score (nSPS) is 16.9. The van der Waals surface area contributed by atoms with E-state index < -0.39 is 10.0 Å². The Morgan fingerprint density at radius 2 is 1.85 bits per heavy atom. The van der Waals surface area contributed by atoms with E-state index in [9.17, 15) is 13.2 Å². The highest BCUT2D eigenvalue weighted by Crippen LogP contribution is 2.24. The van der Waals surface area contributed by atoms with Crippen molar-refractivity contribution < 1.29 is 22.7 Å². The van der Waals surface area contributed by atoms with Crippen LogP contribution in [0.5, 0.6) is 5.75 Å². The second-order valence-corrected chi connectivity index (χ2v) is 11.0. The third-order valence-electron chi connectivity index (χ3n) is 5.62. The molecule has 186 valence electrons. The number of sulfonamides is 1. The Hall–Kier alpha value is -2.62. The zero-order chi connectivity index (χ0) is 24.7. The van der Waals surface area contributed by atoms with E-state index in [4.69, 9.17) is 9.47 Å². The first kappa shape index (κ1) is 26.0. The Labute approximate surface area is 202 Å². The predicted molar refractivity (Wildman–Crippen MR) is 133 cm³/mol. The Morgan fingerprint density at radius 1 is 1.18 bits per heavy atom. The minimum absolute atomic E-state index is 0.0262. The third kappa shape index (κ3) is 7.19. The molecule has 34 heavy (non-hydrogen) atoms. The fourth-order valence-corrected chi connectivity index (χ4v) is 4.97. The summed E-state index contributed by atoms with van der Waals surface area (Å²) in [5.41, 5.74) is 1.49. The molecule has 0 bridgehead atoms. The van der Waals surface area contributed by atoms with Gasteiger partial charge in [-0.1, -0.05) is 31.5 Å². The molecule has 1 aliphatic rings. The van der Waals surface area contributed by atoms with E-state index in [2.05, 4.69) is 24.1 Å². The number of morpholine rings is 1. The van der Waals surface area contributed by atoms with Crippen molar-refractivity contribution in [2.24, 2.45) is 5.92 Å². The second-order valence-electron chi connectivity index (χ2n) is 9.02. The molecule has 9 heteroatoms. The van der Waals surface area contributed by atoms with E-state index in [0.717, 1.165) is 25.2 Å². The van der Waals surface area contributed by atoms with Crippen molar-refractivity contribution in [2.45, 2.75) is 31.8 Å². The van der Waals surface area contributed by atoms with Crippen LogP contribution in [0.15, 0.2) is 53.4 Å². The number of nitrogens with one attached hydrogen (secondary N) is 1. The van der Waals surface area contributed by atoms with Crippen molar-refractivity contribution in [3.8, 4) is 5.75 Å². The molecule has 0 spiro atoms. The first-order valence-corrected chi connectivity index (χ1v) is 13.0. The molecule has 1 aliphatic heterocycles. The van der Waals surface area contributed by atoms with Gasteiger partial charge in [0.2, 0.25) is 0 Å². The number of hydrogen-bond acceptors (Lipinski definition) is 6. The molecule has 0 saturated carbocycles. The number of nitrogens with zero attached hydrogens (tertiary/aromatic N) is 2. The maximum absolute atomic E-state index is 12.8. The summed E-state index contributed by atoms with van der Waals surface area (Å²) >= 11 is 0. The van der Waals surface area contributed by atoms with Gasteiger partial charge in [0.05, 0.1) is 23.3 Å². The summed E-state index contributed by atoms with van der Waals surface area (Å²) in [6.07, 6.45) is -0.0262. The topological polar surface area (TPSA) is 88.2 Å². The molecule has 0 radical (unpaired) electrons. The smallest absolute Gasteiger partial charge is 0.264 e. The summed E-state index contributed by atoms with van der Waals surface area (Å²) in [4.78, 5) is 14.8. The molecule has 1 atom stereocenters. The fourth-order valence-electron chi connectivity index (χ4n) is 3.77. The van der Waals surface area contributed by atoms with Gasteiger partial charge in [-0.05, 0) is 49.2 Å². The van der Waals surface area contributed by atoms with Gasteiger partial charge in [-0.15, -0.1) is 0 Å². The van der Waals surface area contributed by atoms with Crippen molar-refractivity contribution in [1.82, 2.24) is 10.2 Å². The predicted octanol–water partition coefficient (Wildman–Crippen LogP) is 2.67. The summed E-state index contributed by atoms with van der Waals surface area (Å²) in [6, 6.07) is 13.3. The third-order valence-corrected chi connectivity index (χ3v) is 7.42. The molecule has 8 nitrogen and oxygen atoms in total. The lowest BCUT2D eigenvalue weighted by Gasteiger charge is -2.33. The summed E-state index contributed by atoms with van der Waals surface area (Å²) in [5, 5.41) is 2.86. The standard InChI is InChI=1S/C25H35N3O5S/c1-19(2)16-28-13-14-32-23(17-28)15-26-25(29)18-33-22-9-7-21(8-10-22)27(4)34(30,31)24-11-5-20(3)6-12-24/h5-12,19,23H,13-18H2,1-4H3,(H,26,29). The average molecular weight is 490 g/mol. The number of rotatable bonds is 10. The summed E-state index contributed by atoms with van der Waals surface area (Å²) in [5.74, 6) is 0.848. The molecular weight excluding hydrogens is 454 g/mol.